The van der Waals surface area contributed by atoms with Gasteiger partial charge in [-0.3, -0.25) is 0 Å². The Bertz CT molecular complexity index is 437. The van der Waals surface area contributed by atoms with E-state index in [2.05, 4.69) is 4.72 Å². The normalized spacial score (nSPS) is 18.3. The summed E-state index contributed by atoms with van der Waals surface area (Å²) >= 11 is 0. The second kappa shape index (κ2) is 4.55. The third kappa shape index (κ3) is 3.32. The van der Waals surface area contributed by atoms with Gasteiger partial charge in [0.2, 0.25) is 10.0 Å². The lowest BCUT2D eigenvalue weighted by Gasteiger charge is -2.13. The molecule has 1 saturated carbocycles. The van der Waals surface area contributed by atoms with Crippen molar-refractivity contribution in [3.63, 3.8) is 0 Å². The van der Waals surface area contributed by atoms with Crippen molar-refractivity contribution in [1.82, 2.24) is 4.72 Å². The van der Waals surface area contributed by atoms with E-state index in [0.717, 1.165) is 18.4 Å². The van der Waals surface area contributed by atoms with Gasteiger partial charge in [0.05, 0.1) is 5.75 Å². The Balaban J connectivity index is 1.97. The minimum Gasteiger partial charge on any atom is -0.212 e. The molecule has 1 unspecified atom stereocenters. The highest BCUT2D eigenvalue weighted by Gasteiger charge is 2.30. The highest BCUT2D eigenvalue weighted by molar-refractivity contribution is 7.88. The maximum atomic E-state index is 11.8. The molecule has 0 aliphatic heterocycles. The first-order valence-corrected chi connectivity index (χ1v) is 7.26. The van der Waals surface area contributed by atoms with Crippen molar-refractivity contribution in [3.05, 3.63) is 35.9 Å². The molecule has 0 amide bonds. The summed E-state index contributed by atoms with van der Waals surface area (Å²) in [5.41, 5.74) is 0.831. The second-order valence-corrected chi connectivity index (χ2v) is 6.24. The van der Waals surface area contributed by atoms with Crippen LogP contribution in [0.5, 0.6) is 0 Å². The zero-order valence-corrected chi connectivity index (χ0v) is 10.2. The number of benzene rings is 1. The van der Waals surface area contributed by atoms with Gasteiger partial charge in [-0.2, -0.15) is 0 Å². The van der Waals surface area contributed by atoms with E-state index in [-0.39, 0.29) is 11.8 Å². The van der Waals surface area contributed by atoms with Crippen LogP contribution in [-0.4, -0.2) is 14.5 Å². The van der Waals surface area contributed by atoms with Crippen LogP contribution in [0.3, 0.4) is 0 Å². The summed E-state index contributed by atoms with van der Waals surface area (Å²) < 4.78 is 26.4. The van der Waals surface area contributed by atoms with Crippen LogP contribution in [0.4, 0.5) is 0 Å². The summed E-state index contributed by atoms with van der Waals surface area (Å²) in [4.78, 5) is 0. The molecular formula is C12H17NO2S. The molecule has 16 heavy (non-hydrogen) atoms. The molecule has 88 valence electrons. The lowest BCUT2D eigenvalue weighted by atomic mass is 10.2. The molecule has 1 aromatic carbocycles. The molecule has 3 nitrogen and oxygen atoms in total. The Labute approximate surface area is 96.9 Å². The van der Waals surface area contributed by atoms with Crippen LogP contribution in [0.25, 0.3) is 0 Å². The maximum Gasteiger partial charge on any atom is 0.216 e. The minimum absolute atomic E-state index is 0.0743. The van der Waals surface area contributed by atoms with Crippen LogP contribution >= 0.6 is 0 Å². The largest absolute Gasteiger partial charge is 0.216 e. The van der Waals surface area contributed by atoms with Gasteiger partial charge in [0.1, 0.15) is 0 Å². The molecule has 1 fully saturated rings. The molecule has 2 rings (SSSR count). The molecule has 0 heterocycles. The molecular weight excluding hydrogens is 222 g/mol. The van der Waals surface area contributed by atoms with Crippen LogP contribution in [0.15, 0.2) is 30.3 Å². The fourth-order valence-corrected chi connectivity index (χ4v) is 3.28. The monoisotopic (exact) mass is 239 g/mol. The SMILES string of the molecule is CC(NS(=O)(=O)Cc1ccccc1)C1CC1. The predicted octanol–water partition coefficient (Wildman–Crippen LogP) is 1.90. The Morgan fingerprint density at radius 2 is 1.94 bits per heavy atom. The van der Waals surface area contributed by atoms with Gasteiger partial charge in [-0.15, -0.1) is 0 Å². The molecule has 1 aliphatic rings. The molecule has 1 aliphatic carbocycles. The van der Waals surface area contributed by atoms with E-state index >= 15 is 0 Å². The van der Waals surface area contributed by atoms with Crippen molar-refractivity contribution in [2.75, 3.05) is 0 Å². The first-order chi connectivity index (χ1) is 7.57. The molecule has 0 spiro atoms. The first-order valence-electron chi connectivity index (χ1n) is 5.61. The van der Waals surface area contributed by atoms with Gasteiger partial charge < -0.3 is 0 Å². The van der Waals surface area contributed by atoms with Crippen LogP contribution in [0, 0.1) is 5.92 Å². The molecule has 1 aromatic rings. The fourth-order valence-electron chi connectivity index (χ4n) is 1.81. The Hall–Kier alpha value is -0.870. The highest BCUT2D eigenvalue weighted by Crippen LogP contribution is 2.32. The van der Waals surface area contributed by atoms with Gasteiger partial charge in [0.15, 0.2) is 0 Å². The van der Waals surface area contributed by atoms with E-state index in [1.165, 1.54) is 0 Å². The van der Waals surface area contributed by atoms with E-state index in [1.807, 2.05) is 37.3 Å². The van der Waals surface area contributed by atoms with Crippen LogP contribution in [-0.2, 0) is 15.8 Å². The smallest absolute Gasteiger partial charge is 0.212 e. The number of sulfonamides is 1. The number of nitrogens with one attached hydrogen (secondary N) is 1. The number of hydrogen-bond acceptors (Lipinski definition) is 2. The molecule has 0 saturated heterocycles. The maximum absolute atomic E-state index is 11.8. The molecule has 1 atom stereocenters. The zero-order valence-electron chi connectivity index (χ0n) is 9.39. The first kappa shape index (κ1) is 11.6. The van der Waals surface area contributed by atoms with Crippen molar-refractivity contribution < 1.29 is 8.42 Å². The van der Waals surface area contributed by atoms with Gasteiger partial charge in [0, 0.05) is 6.04 Å². The summed E-state index contributed by atoms with van der Waals surface area (Å²) in [5, 5.41) is 0. The van der Waals surface area contributed by atoms with Crippen molar-refractivity contribution in [2.24, 2.45) is 5.92 Å². The average Bonchev–Trinajstić information content (AvgIpc) is 3.00. The summed E-state index contributed by atoms with van der Waals surface area (Å²) in [6.07, 6.45) is 2.30. The lowest BCUT2D eigenvalue weighted by molar-refractivity contribution is 0.537. The summed E-state index contributed by atoms with van der Waals surface area (Å²) in [6.45, 7) is 1.94. The molecule has 4 heteroatoms. The van der Waals surface area contributed by atoms with Crippen molar-refractivity contribution >= 4 is 10.0 Å². The molecule has 0 aromatic heterocycles. The summed E-state index contributed by atoms with van der Waals surface area (Å²) in [7, 11) is -3.19. The highest BCUT2D eigenvalue weighted by atomic mass is 32.2. The summed E-state index contributed by atoms with van der Waals surface area (Å²) in [6, 6.07) is 9.34. The predicted molar refractivity (Wildman–Crippen MR) is 64.4 cm³/mol. The number of hydrogen-bond donors (Lipinski definition) is 1. The lowest BCUT2D eigenvalue weighted by Crippen LogP contribution is -2.34. The van der Waals surface area contributed by atoms with Gasteiger partial charge >= 0.3 is 0 Å². The minimum atomic E-state index is -3.19. The third-order valence-electron chi connectivity index (χ3n) is 2.89. The average molecular weight is 239 g/mol. The van der Waals surface area contributed by atoms with Crippen molar-refractivity contribution in [1.29, 1.82) is 0 Å². The van der Waals surface area contributed by atoms with Gasteiger partial charge in [0.25, 0.3) is 0 Å². The Morgan fingerprint density at radius 3 is 2.50 bits per heavy atom. The van der Waals surface area contributed by atoms with E-state index < -0.39 is 10.0 Å². The van der Waals surface area contributed by atoms with Gasteiger partial charge in [-0.25, -0.2) is 13.1 Å². The Kier molecular flexibility index (Phi) is 3.30. The zero-order chi connectivity index (χ0) is 11.6. The quantitative estimate of drug-likeness (QED) is 0.853. The van der Waals surface area contributed by atoms with Gasteiger partial charge in [-0.1, -0.05) is 30.3 Å². The summed E-state index contributed by atoms with van der Waals surface area (Å²) in [5.74, 6) is 0.621. The Morgan fingerprint density at radius 1 is 1.31 bits per heavy atom. The van der Waals surface area contributed by atoms with E-state index in [0.29, 0.717) is 5.92 Å². The van der Waals surface area contributed by atoms with E-state index in [4.69, 9.17) is 0 Å². The number of rotatable bonds is 5. The fraction of sp³-hybridized carbons (Fsp3) is 0.500. The van der Waals surface area contributed by atoms with Crippen LogP contribution < -0.4 is 4.72 Å². The molecule has 1 N–H and O–H groups in total. The second-order valence-electron chi connectivity index (χ2n) is 4.49. The van der Waals surface area contributed by atoms with Crippen LogP contribution in [0.2, 0.25) is 0 Å². The third-order valence-corrected chi connectivity index (χ3v) is 4.34. The van der Waals surface area contributed by atoms with E-state index in [1.54, 1.807) is 0 Å². The van der Waals surface area contributed by atoms with Crippen LogP contribution in [0.1, 0.15) is 25.3 Å². The topological polar surface area (TPSA) is 46.2 Å². The molecule has 0 bridgehead atoms. The standard InChI is InChI=1S/C12H17NO2S/c1-10(12-7-8-12)13-16(14,15)9-11-5-3-2-4-6-11/h2-6,10,12-13H,7-9H2,1H3. The van der Waals surface area contributed by atoms with Gasteiger partial charge in [-0.05, 0) is 31.2 Å². The van der Waals surface area contributed by atoms with Crippen molar-refractivity contribution in [2.45, 2.75) is 31.6 Å². The van der Waals surface area contributed by atoms with E-state index in [9.17, 15) is 8.42 Å². The van der Waals surface area contributed by atoms with Crippen molar-refractivity contribution in [3.8, 4) is 0 Å². The molecule has 0 radical (unpaired) electrons.